The van der Waals surface area contributed by atoms with Crippen LogP contribution in [0.1, 0.15) is 0 Å². The number of hydrogen-bond donors (Lipinski definition) is 2. The molecule has 0 bridgehead atoms. The van der Waals surface area contributed by atoms with Gasteiger partial charge in [-0.25, -0.2) is 0 Å². The molecule has 0 spiro atoms. The van der Waals surface area contributed by atoms with Crippen molar-refractivity contribution >= 4 is 36.8 Å². The van der Waals surface area contributed by atoms with Gasteiger partial charge in [-0.2, -0.15) is 0 Å². The molecule has 0 rings (SSSR count). The van der Waals surface area contributed by atoms with Crippen molar-refractivity contribution in [2.45, 2.75) is 0 Å². The summed E-state index contributed by atoms with van der Waals surface area (Å²) in [6.07, 6.45) is 0. The van der Waals surface area contributed by atoms with Gasteiger partial charge in [-0.3, -0.25) is 0 Å². The van der Waals surface area contributed by atoms with Crippen molar-refractivity contribution in [2.24, 2.45) is 0 Å². The quantitative estimate of drug-likeness (QED) is 0.155. The average Bonchev–Trinajstić information content (AvgIpc) is 1.00. The predicted molar refractivity (Wildman–Crippen MR) is 26.7 cm³/mol. The Morgan fingerprint density at radius 3 is 1.00 bits per heavy atom. The van der Waals surface area contributed by atoms with Crippen molar-refractivity contribution in [1.82, 2.24) is 0 Å². The minimum absolute atomic E-state index is 0. The fourth-order valence-corrected chi connectivity index (χ4v) is 0. The fourth-order valence-electron chi connectivity index (χ4n) is 0. The molecule has 0 aromatic heterocycles. The Bertz CT molecular complexity index is 3.25. The topological polar surface area (TPSA) is 0 Å². The summed E-state index contributed by atoms with van der Waals surface area (Å²) in [5.74, 6) is 0. The Morgan fingerprint density at radius 2 is 1.00 bits per heavy atom. The van der Waals surface area contributed by atoms with Gasteiger partial charge in [0.15, 0.2) is 0 Å². The molecule has 4 heavy (non-hydrogen) atoms. The van der Waals surface area contributed by atoms with Crippen molar-refractivity contribution in [3.8, 4) is 0 Å². The molecule has 0 heterocycles. The molecule has 4 heteroatoms. The van der Waals surface area contributed by atoms with Crippen LogP contribution in [0.3, 0.4) is 0 Å². The first-order valence-electron chi connectivity index (χ1n) is 0.200. The predicted octanol–water partition coefficient (Wildman–Crippen LogP) is -2.51. The van der Waals surface area contributed by atoms with Crippen LogP contribution in [0, 0.1) is 0 Å². The summed E-state index contributed by atoms with van der Waals surface area (Å²) >= 11 is 6.44. The second-order valence-electron chi connectivity index (χ2n) is 0. The van der Waals surface area contributed by atoms with Crippen LogP contribution < -0.4 is 29.6 Å². The summed E-state index contributed by atoms with van der Waals surface area (Å²) in [5, 5.41) is 0. The van der Waals surface area contributed by atoms with E-state index in [2.05, 4.69) is 23.3 Å². The van der Waals surface area contributed by atoms with E-state index in [1.54, 1.807) is 0 Å². The zero-order valence-electron chi connectivity index (χ0n) is 2.34. The smallest absolute Gasteiger partial charge is 0.813 e. The molecule has 0 N–H and O–H groups in total. The molecule has 0 amide bonds. The van der Waals surface area contributed by atoms with Gasteiger partial charge in [0.1, 0.15) is 0 Å². The monoisotopic (exact) mass is 122 g/mol. The van der Waals surface area contributed by atoms with Crippen LogP contribution in [0.15, 0.2) is 0 Å². The third kappa shape index (κ3) is 8.96. The van der Waals surface area contributed by atoms with Crippen LogP contribution in [0.4, 0.5) is 0 Å². The molecule has 0 unspecified atom stereocenters. The molecular formula is H3NaS3. The largest absolute Gasteiger partial charge is 1.00 e. The second-order valence-corrected chi connectivity index (χ2v) is 0. The van der Waals surface area contributed by atoms with E-state index in [1.807, 2.05) is 0 Å². The van der Waals surface area contributed by atoms with Crippen LogP contribution >= 0.6 is 23.3 Å². The number of thiol groups is 3. The molecule has 0 aromatic rings. The Kier molecular flexibility index (Phi) is 81.7. The van der Waals surface area contributed by atoms with E-state index in [0.717, 1.165) is 0 Å². The molecule has 0 aliphatic rings. The Labute approximate surface area is 65.7 Å². The molecule has 0 fully saturated rings. The van der Waals surface area contributed by atoms with Crippen molar-refractivity contribution < 1.29 is 29.6 Å². The Balaban J connectivity index is -0.00000000500. The van der Waals surface area contributed by atoms with E-state index in [0.29, 0.717) is 0 Å². The van der Waals surface area contributed by atoms with E-state index in [-0.39, 0.29) is 43.1 Å². The number of rotatable bonds is 0. The molecule has 22 valence electrons. The van der Waals surface area contributed by atoms with Gasteiger partial charge < -0.3 is 13.5 Å². The first-order valence-corrected chi connectivity index (χ1v) is 1.80. The van der Waals surface area contributed by atoms with E-state index in [1.165, 1.54) is 0 Å². The SMILES string of the molecule is SS.[Na+].[SH-]. The van der Waals surface area contributed by atoms with Gasteiger partial charge in [-0.05, 0) is 0 Å². The maximum Gasteiger partial charge on any atom is 1.00 e. The number of hydrogen-bond acceptors (Lipinski definition) is 3. The summed E-state index contributed by atoms with van der Waals surface area (Å²) in [6.45, 7) is 0. The van der Waals surface area contributed by atoms with Gasteiger partial charge in [0, 0.05) is 0 Å². The zero-order chi connectivity index (χ0) is 2.00. The molecule has 0 aliphatic heterocycles. The van der Waals surface area contributed by atoms with E-state index >= 15 is 0 Å². The van der Waals surface area contributed by atoms with Gasteiger partial charge in [0.2, 0.25) is 0 Å². The fraction of sp³-hybridized carbons (Fsp3) is 0. The van der Waals surface area contributed by atoms with E-state index in [4.69, 9.17) is 0 Å². The van der Waals surface area contributed by atoms with Crippen LogP contribution in [-0.2, 0) is 13.5 Å². The van der Waals surface area contributed by atoms with Gasteiger partial charge >= 0.3 is 29.6 Å². The second kappa shape index (κ2) is 19.7. The molecule has 0 aliphatic carbocycles. The summed E-state index contributed by atoms with van der Waals surface area (Å²) in [6, 6.07) is 0. The van der Waals surface area contributed by atoms with Gasteiger partial charge in [-0.1, -0.05) is 0 Å². The Hall–Kier alpha value is 2.05. The van der Waals surface area contributed by atoms with Crippen molar-refractivity contribution in [1.29, 1.82) is 0 Å². The summed E-state index contributed by atoms with van der Waals surface area (Å²) in [4.78, 5) is 0. The first kappa shape index (κ1) is 16.6. The molecular weight excluding hydrogens is 119 g/mol. The molecule has 0 radical (unpaired) electrons. The molecule has 0 nitrogen and oxygen atoms in total. The normalized spacial score (nSPS) is 1.50. The van der Waals surface area contributed by atoms with Crippen LogP contribution in [-0.4, -0.2) is 0 Å². The standard InChI is InChI=1S/Na.H2S2.H2S/c;1-2;/h;1-2H;1H2/q+1;;/p-1. The van der Waals surface area contributed by atoms with Crippen LogP contribution in [0.25, 0.3) is 0 Å². The maximum atomic E-state index is 3.22. The van der Waals surface area contributed by atoms with E-state index < -0.39 is 0 Å². The third-order valence-corrected chi connectivity index (χ3v) is 0. The zero-order valence-corrected chi connectivity index (χ0v) is 7.02. The summed E-state index contributed by atoms with van der Waals surface area (Å²) in [7, 11) is 0. The summed E-state index contributed by atoms with van der Waals surface area (Å²) < 4.78 is 0. The molecule has 0 atom stereocenters. The Morgan fingerprint density at radius 1 is 1.00 bits per heavy atom. The minimum Gasteiger partial charge on any atom is -0.813 e. The van der Waals surface area contributed by atoms with Gasteiger partial charge in [0.05, 0.1) is 0 Å². The molecule has 0 saturated heterocycles. The van der Waals surface area contributed by atoms with Crippen LogP contribution in [0.5, 0.6) is 0 Å². The first-order chi connectivity index (χ1) is 1.00. The summed E-state index contributed by atoms with van der Waals surface area (Å²) in [5.41, 5.74) is 0. The minimum atomic E-state index is 0. The molecule has 0 aromatic carbocycles. The van der Waals surface area contributed by atoms with Gasteiger partial charge in [0.25, 0.3) is 0 Å². The van der Waals surface area contributed by atoms with Crippen molar-refractivity contribution in [2.75, 3.05) is 0 Å². The van der Waals surface area contributed by atoms with Crippen molar-refractivity contribution in [3.05, 3.63) is 0 Å². The maximum absolute atomic E-state index is 3.22. The third-order valence-electron chi connectivity index (χ3n) is 0. The molecule has 0 saturated carbocycles. The van der Waals surface area contributed by atoms with E-state index in [9.17, 15) is 0 Å². The van der Waals surface area contributed by atoms with Crippen LogP contribution in [0.2, 0.25) is 0 Å². The van der Waals surface area contributed by atoms with Gasteiger partial charge in [-0.15, -0.1) is 23.3 Å². The average molecular weight is 122 g/mol. The van der Waals surface area contributed by atoms with Crippen molar-refractivity contribution in [3.63, 3.8) is 0 Å².